The van der Waals surface area contributed by atoms with Crippen molar-refractivity contribution < 1.29 is 9.47 Å². The SMILES string of the molecule is COc1cccc(OC)c1-c1ccc(C)cc1. The summed E-state index contributed by atoms with van der Waals surface area (Å²) in [7, 11) is 3.35. The van der Waals surface area contributed by atoms with Gasteiger partial charge in [-0.2, -0.15) is 0 Å². The lowest BCUT2D eigenvalue weighted by Gasteiger charge is -2.13. The smallest absolute Gasteiger partial charge is 0.130 e. The Morgan fingerprint density at radius 1 is 0.765 bits per heavy atom. The van der Waals surface area contributed by atoms with E-state index in [1.807, 2.05) is 18.2 Å². The molecule has 88 valence electrons. The molecular weight excluding hydrogens is 212 g/mol. The lowest BCUT2D eigenvalue weighted by atomic mass is 10.0. The lowest BCUT2D eigenvalue weighted by Crippen LogP contribution is -1.92. The minimum Gasteiger partial charge on any atom is -0.496 e. The predicted octanol–water partition coefficient (Wildman–Crippen LogP) is 3.68. The molecule has 2 rings (SSSR count). The van der Waals surface area contributed by atoms with Crippen molar-refractivity contribution in [3.8, 4) is 22.6 Å². The van der Waals surface area contributed by atoms with Crippen LogP contribution in [0.3, 0.4) is 0 Å². The Morgan fingerprint density at radius 3 is 1.76 bits per heavy atom. The van der Waals surface area contributed by atoms with Gasteiger partial charge in [0, 0.05) is 0 Å². The molecule has 0 amide bonds. The Balaban J connectivity index is 2.59. The lowest BCUT2D eigenvalue weighted by molar-refractivity contribution is 0.397. The van der Waals surface area contributed by atoms with Gasteiger partial charge in [-0.25, -0.2) is 0 Å². The van der Waals surface area contributed by atoms with E-state index in [2.05, 4.69) is 31.2 Å². The molecule has 2 nitrogen and oxygen atoms in total. The number of aryl methyl sites for hydroxylation is 1. The van der Waals surface area contributed by atoms with Crippen LogP contribution in [0.4, 0.5) is 0 Å². The Morgan fingerprint density at radius 2 is 1.29 bits per heavy atom. The molecule has 17 heavy (non-hydrogen) atoms. The van der Waals surface area contributed by atoms with Gasteiger partial charge in [0.05, 0.1) is 19.8 Å². The summed E-state index contributed by atoms with van der Waals surface area (Å²) >= 11 is 0. The van der Waals surface area contributed by atoms with Gasteiger partial charge in [0.2, 0.25) is 0 Å². The van der Waals surface area contributed by atoms with Crippen molar-refractivity contribution in [1.29, 1.82) is 0 Å². The zero-order valence-corrected chi connectivity index (χ0v) is 10.4. The molecule has 0 aromatic heterocycles. The minimum atomic E-state index is 0.827. The molecule has 0 aliphatic carbocycles. The number of hydrogen-bond acceptors (Lipinski definition) is 2. The normalized spacial score (nSPS) is 10.1. The highest BCUT2D eigenvalue weighted by Gasteiger charge is 2.11. The van der Waals surface area contributed by atoms with Gasteiger partial charge in [-0.15, -0.1) is 0 Å². The molecule has 2 aromatic rings. The molecule has 0 saturated heterocycles. The van der Waals surface area contributed by atoms with E-state index in [-0.39, 0.29) is 0 Å². The molecule has 0 fully saturated rings. The van der Waals surface area contributed by atoms with Crippen molar-refractivity contribution in [1.82, 2.24) is 0 Å². The quantitative estimate of drug-likeness (QED) is 0.797. The van der Waals surface area contributed by atoms with E-state index in [1.54, 1.807) is 14.2 Å². The van der Waals surface area contributed by atoms with Crippen LogP contribution in [0.25, 0.3) is 11.1 Å². The topological polar surface area (TPSA) is 18.5 Å². The van der Waals surface area contributed by atoms with Gasteiger partial charge in [-0.3, -0.25) is 0 Å². The van der Waals surface area contributed by atoms with Crippen LogP contribution in [0, 0.1) is 6.92 Å². The predicted molar refractivity (Wildman–Crippen MR) is 69.7 cm³/mol. The summed E-state index contributed by atoms with van der Waals surface area (Å²) in [6.45, 7) is 2.07. The van der Waals surface area contributed by atoms with Crippen LogP contribution in [-0.2, 0) is 0 Å². The second-order valence-electron chi connectivity index (χ2n) is 3.90. The Bertz CT molecular complexity index is 479. The van der Waals surface area contributed by atoms with E-state index in [0.717, 1.165) is 22.6 Å². The van der Waals surface area contributed by atoms with E-state index < -0.39 is 0 Å². The summed E-state index contributed by atoms with van der Waals surface area (Å²) in [6.07, 6.45) is 0. The maximum Gasteiger partial charge on any atom is 0.130 e. The van der Waals surface area contributed by atoms with Gasteiger partial charge < -0.3 is 9.47 Å². The molecular formula is C15H16O2. The molecule has 0 radical (unpaired) electrons. The number of benzene rings is 2. The summed E-state index contributed by atoms with van der Waals surface area (Å²) in [6, 6.07) is 14.1. The van der Waals surface area contributed by atoms with Crippen molar-refractivity contribution in [3.63, 3.8) is 0 Å². The van der Waals surface area contributed by atoms with Crippen LogP contribution >= 0.6 is 0 Å². The highest BCUT2D eigenvalue weighted by Crippen LogP contribution is 2.38. The number of ether oxygens (including phenoxy) is 2. The molecule has 0 heterocycles. The maximum absolute atomic E-state index is 5.39. The molecule has 2 heteroatoms. The van der Waals surface area contributed by atoms with Crippen molar-refractivity contribution in [2.75, 3.05) is 14.2 Å². The van der Waals surface area contributed by atoms with Crippen LogP contribution in [-0.4, -0.2) is 14.2 Å². The van der Waals surface area contributed by atoms with Gasteiger partial charge in [0.25, 0.3) is 0 Å². The van der Waals surface area contributed by atoms with E-state index in [1.165, 1.54) is 5.56 Å². The summed E-state index contributed by atoms with van der Waals surface area (Å²) in [5.74, 6) is 1.65. The minimum absolute atomic E-state index is 0.827. The maximum atomic E-state index is 5.39. The van der Waals surface area contributed by atoms with Crippen molar-refractivity contribution in [3.05, 3.63) is 48.0 Å². The van der Waals surface area contributed by atoms with Crippen LogP contribution < -0.4 is 9.47 Å². The molecule has 0 aliphatic rings. The fourth-order valence-electron chi connectivity index (χ4n) is 1.86. The highest BCUT2D eigenvalue weighted by molar-refractivity contribution is 5.76. The average molecular weight is 228 g/mol. The fraction of sp³-hybridized carbons (Fsp3) is 0.200. The van der Waals surface area contributed by atoms with E-state index in [0.29, 0.717) is 0 Å². The van der Waals surface area contributed by atoms with Crippen molar-refractivity contribution >= 4 is 0 Å². The van der Waals surface area contributed by atoms with E-state index in [9.17, 15) is 0 Å². The first kappa shape index (κ1) is 11.5. The number of methoxy groups -OCH3 is 2. The van der Waals surface area contributed by atoms with Crippen molar-refractivity contribution in [2.24, 2.45) is 0 Å². The molecule has 0 saturated carbocycles. The Labute approximate surface area is 102 Å². The molecule has 0 atom stereocenters. The summed E-state index contributed by atoms with van der Waals surface area (Å²) in [4.78, 5) is 0. The molecule has 0 spiro atoms. The number of rotatable bonds is 3. The average Bonchev–Trinajstić information content (AvgIpc) is 2.38. The van der Waals surface area contributed by atoms with Gasteiger partial charge in [-0.05, 0) is 24.6 Å². The van der Waals surface area contributed by atoms with Gasteiger partial charge in [-0.1, -0.05) is 35.9 Å². The standard InChI is InChI=1S/C15H16O2/c1-11-7-9-12(10-8-11)15-13(16-2)5-4-6-14(15)17-3/h4-10H,1-3H3. The van der Waals surface area contributed by atoms with Crippen LogP contribution in [0.15, 0.2) is 42.5 Å². The molecule has 0 N–H and O–H groups in total. The van der Waals surface area contributed by atoms with Crippen LogP contribution in [0.2, 0.25) is 0 Å². The summed E-state index contributed by atoms with van der Waals surface area (Å²) in [5.41, 5.74) is 3.34. The summed E-state index contributed by atoms with van der Waals surface area (Å²) < 4.78 is 10.8. The Kier molecular flexibility index (Phi) is 3.33. The molecule has 0 bridgehead atoms. The highest BCUT2D eigenvalue weighted by atomic mass is 16.5. The first-order valence-corrected chi connectivity index (χ1v) is 5.54. The van der Waals surface area contributed by atoms with Crippen LogP contribution in [0.1, 0.15) is 5.56 Å². The van der Waals surface area contributed by atoms with Gasteiger partial charge in [0.1, 0.15) is 11.5 Å². The van der Waals surface area contributed by atoms with E-state index >= 15 is 0 Å². The molecule has 0 aliphatic heterocycles. The first-order valence-electron chi connectivity index (χ1n) is 5.54. The zero-order chi connectivity index (χ0) is 12.3. The largest absolute Gasteiger partial charge is 0.496 e. The third kappa shape index (κ3) is 2.26. The molecule has 0 unspecified atom stereocenters. The van der Waals surface area contributed by atoms with Gasteiger partial charge in [0.15, 0.2) is 0 Å². The third-order valence-corrected chi connectivity index (χ3v) is 2.77. The number of hydrogen-bond donors (Lipinski definition) is 0. The van der Waals surface area contributed by atoms with Crippen LogP contribution in [0.5, 0.6) is 11.5 Å². The second kappa shape index (κ2) is 4.91. The monoisotopic (exact) mass is 228 g/mol. The summed E-state index contributed by atoms with van der Waals surface area (Å²) in [5, 5.41) is 0. The zero-order valence-electron chi connectivity index (χ0n) is 10.4. The third-order valence-electron chi connectivity index (χ3n) is 2.77. The molecule has 2 aromatic carbocycles. The first-order chi connectivity index (χ1) is 8.26. The van der Waals surface area contributed by atoms with E-state index in [4.69, 9.17) is 9.47 Å². The van der Waals surface area contributed by atoms with Crippen molar-refractivity contribution in [2.45, 2.75) is 6.92 Å². The van der Waals surface area contributed by atoms with Gasteiger partial charge >= 0.3 is 0 Å². The second-order valence-corrected chi connectivity index (χ2v) is 3.90. The Hall–Kier alpha value is -1.96. The fourth-order valence-corrected chi connectivity index (χ4v) is 1.86.